The van der Waals surface area contributed by atoms with Gasteiger partial charge in [0.2, 0.25) is 11.8 Å². The van der Waals surface area contributed by atoms with Crippen molar-refractivity contribution in [2.45, 2.75) is 57.3 Å². The van der Waals surface area contributed by atoms with Gasteiger partial charge in [0.1, 0.15) is 12.6 Å². The van der Waals surface area contributed by atoms with Gasteiger partial charge in [-0.2, -0.15) is 13.2 Å². The second-order valence-corrected chi connectivity index (χ2v) is 12.1. The summed E-state index contributed by atoms with van der Waals surface area (Å²) in [6, 6.07) is 15.1. The molecule has 1 atom stereocenters. The minimum absolute atomic E-state index is 0.0701. The zero-order valence-electron chi connectivity index (χ0n) is 23.5. The van der Waals surface area contributed by atoms with Gasteiger partial charge < -0.3 is 10.2 Å². The highest BCUT2D eigenvalue weighted by molar-refractivity contribution is 7.92. The Bertz CT molecular complexity index is 1480. The molecule has 0 aliphatic carbocycles. The molecule has 0 aliphatic rings. The highest BCUT2D eigenvalue weighted by Gasteiger charge is 2.35. The first-order chi connectivity index (χ1) is 19.7. The maximum Gasteiger partial charge on any atom is 0.416 e. The van der Waals surface area contributed by atoms with Crippen LogP contribution in [0.2, 0.25) is 5.02 Å². The molecule has 2 amide bonds. The van der Waals surface area contributed by atoms with E-state index in [-0.39, 0.29) is 17.1 Å². The van der Waals surface area contributed by atoms with Crippen molar-refractivity contribution in [3.8, 4) is 0 Å². The first-order valence-electron chi connectivity index (χ1n) is 13.3. The van der Waals surface area contributed by atoms with E-state index in [9.17, 15) is 31.2 Å². The number of halogens is 4. The van der Waals surface area contributed by atoms with Crippen molar-refractivity contribution < 1.29 is 31.2 Å². The number of carbonyl (C=O) groups is 2. The largest absolute Gasteiger partial charge is 0.416 e. The van der Waals surface area contributed by atoms with Gasteiger partial charge >= 0.3 is 6.18 Å². The molecular formula is C30H33ClF3N3O4S. The van der Waals surface area contributed by atoms with E-state index in [0.717, 1.165) is 30.5 Å². The molecule has 42 heavy (non-hydrogen) atoms. The molecule has 226 valence electrons. The molecule has 3 rings (SSSR count). The molecule has 12 heteroatoms. The van der Waals surface area contributed by atoms with Crippen LogP contribution in [-0.2, 0) is 32.3 Å². The Labute approximate surface area is 249 Å². The summed E-state index contributed by atoms with van der Waals surface area (Å²) in [5.74, 6) is -1.23. The van der Waals surface area contributed by atoms with Gasteiger partial charge in [0, 0.05) is 18.1 Å². The molecule has 0 saturated heterocycles. The summed E-state index contributed by atoms with van der Waals surface area (Å²) in [5, 5.41) is 3.23. The van der Waals surface area contributed by atoms with Gasteiger partial charge in [0.05, 0.1) is 16.1 Å². The van der Waals surface area contributed by atoms with Gasteiger partial charge in [-0.3, -0.25) is 13.9 Å². The van der Waals surface area contributed by atoms with Crippen molar-refractivity contribution in [3.05, 3.63) is 94.5 Å². The van der Waals surface area contributed by atoms with Crippen LogP contribution < -0.4 is 9.62 Å². The number of amides is 2. The van der Waals surface area contributed by atoms with Crippen LogP contribution in [0.4, 0.5) is 18.9 Å². The predicted octanol–water partition coefficient (Wildman–Crippen LogP) is 6.20. The summed E-state index contributed by atoms with van der Waals surface area (Å²) in [6.45, 7) is 4.70. The summed E-state index contributed by atoms with van der Waals surface area (Å²) in [6.07, 6.45) is -3.18. The van der Waals surface area contributed by atoms with Crippen LogP contribution in [0.25, 0.3) is 0 Å². The number of hydrogen-bond acceptors (Lipinski definition) is 4. The lowest BCUT2D eigenvalue weighted by atomic mass is 10.1. The molecular weight excluding hydrogens is 591 g/mol. The third-order valence-electron chi connectivity index (χ3n) is 6.61. The third-order valence-corrected chi connectivity index (χ3v) is 8.65. The Morgan fingerprint density at radius 1 is 1.00 bits per heavy atom. The number of hydrogen-bond donors (Lipinski definition) is 1. The second kappa shape index (κ2) is 14.1. The van der Waals surface area contributed by atoms with E-state index in [0.29, 0.717) is 27.5 Å². The minimum atomic E-state index is -4.75. The molecule has 0 heterocycles. The molecule has 0 bridgehead atoms. The summed E-state index contributed by atoms with van der Waals surface area (Å²) in [4.78, 5) is 27.9. The SMILES string of the molecule is CCCCNC(=O)[C@H](C)N(Cc1ccc(Cl)cc1)C(=O)CN(c1cccc(C(F)(F)F)c1)S(=O)(=O)c1ccc(C)cc1. The quantitative estimate of drug-likeness (QED) is 0.244. The van der Waals surface area contributed by atoms with Crippen LogP contribution in [0.15, 0.2) is 77.7 Å². The molecule has 0 radical (unpaired) electrons. The highest BCUT2D eigenvalue weighted by Crippen LogP contribution is 2.33. The Morgan fingerprint density at radius 3 is 2.24 bits per heavy atom. The number of anilines is 1. The number of aryl methyl sites for hydroxylation is 1. The predicted molar refractivity (Wildman–Crippen MR) is 157 cm³/mol. The number of nitrogens with zero attached hydrogens (tertiary/aromatic N) is 2. The van der Waals surface area contributed by atoms with Crippen molar-refractivity contribution in [1.29, 1.82) is 0 Å². The Balaban J connectivity index is 2.06. The van der Waals surface area contributed by atoms with Gasteiger partial charge in [-0.15, -0.1) is 0 Å². The van der Waals surface area contributed by atoms with E-state index in [1.807, 2.05) is 6.92 Å². The number of rotatable bonds is 12. The fourth-order valence-electron chi connectivity index (χ4n) is 4.11. The van der Waals surface area contributed by atoms with Gasteiger partial charge in [-0.25, -0.2) is 8.42 Å². The van der Waals surface area contributed by atoms with E-state index >= 15 is 0 Å². The van der Waals surface area contributed by atoms with E-state index in [1.54, 1.807) is 43.3 Å². The number of alkyl halides is 3. The van der Waals surface area contributed by atoms with E-state index < -0.39 is 46.2 Å². The Morgan fingerprint density at radius 2 is 1.64 bits per heavy atom. The topological polar surface area (TPSA) is 86.8 Å². The molecule has 3 aromatic carbocycles. The van der Waals surface area contributed by atoms with Crippen LogP contribution in [0, 0.1) is 6.92 Å². The van der Waals surface area contributed by atoms with Gasteiger partial charge in [-0.05, 0) is 68.3 Å². The first-order valence-corrected chi connectivity index (χ1v) is 15.1. The first kappa shape index (κ1) is 32.9. The lowest BCUT2D eigenvalue weighted by Crippen LogP contribution is -2.51. The van der Waals surface area contributed by atoms with Crippen molar-refractivity contribution in [2.24, 2.45) is 0 Å². The van der Waals surface area contributed by atoms with Crippen molar-refractivity contribution in [2.75, 3.05) is 17.4 Å². The molecule has 0 aromatic heterocycles. The maximum absolute atomic E-state index is 13.9. The summed E-state index contributed by atoms with van der Waals surface area (Å²) >= 11 is 6.00. The van der Waals surface area contributed by atoms with Crippen LogP contribution in [-0.4, -0.2) is 44.3 Å². The summed E-state index contributed by atoms with van der Waals surface area (Å²) in [7, 11) is -4.50. The van der Waals surface area contributed by atoms with E-state index in [1.165, 1.54) is 30.0 Å². The molecule has 1 N–H and O–H groups in total. The van der Waals surface area contributed by atoms with E-state index in [4.69, 9.17) is 11.6 Å². The fraction of sp³-hybridized carbons (Fsp3) is 0.333. The van der Waals surface area contributed by atoms with Crippen molar-refractivity contribution in [3.63, 3.8) is 0 Å². The number of nitrogens with one attached hydrogen (secondary N) is 1. The minimum Gasteiger partial charge on any atom is -0.354 e. The fourth-order valence-corrected chi connectivity index (χ4v) is 5.64. The Kier molecular flexibility index (Phi) is 11.0. The summed E-state index contributed by atoms with van der Waals surface area (Å²) < 4.78 is 69.0. The van der Waals surface area contributed by atoms with Crippen LogP contribution in [0.3, 0.4) is 0 Å². The lowest BCUT2D eigenvalue weighted by molar-refractivity contribution is -0.139. The standard InChI is InChI=1S/C30H33ClF3N3O4S/c1-4-5-17-35-29(39)22(3)36(19-23-11-13-25(31)14-12-23)28(38)20-37(26-8-6-7-24(18-26)30(32,33)34)42(40,41)27-15-9-21(2)10-16-27/h6-16,18,22H,4-5,17,19-20H2,1-3H3,(H,35,39)/t22-/m0/s1. The van der Waals surface area contributed by atoms with E-state index in [2.05, 4.69) is 5.32 Å². The monoisotopic (exact) mass is 623 g/mol. The zero-order chi connectivity index (χ0) is 31.1. The lowest BCUT2D eigenvalue weighted by Gasteiger charge is -2.32. The number of unbranched alkanes of at least 4 members (excludes halogenated alkanes) is 1. The van der Waals surface area contributed by atoms with Gasteiger partial charge in [0.15, 0.2) is 0 Å². The Hall–Kier alpha value is -3.57. The van der Waals surface area contributed by atoms with Crippen molar-refractivity contribution in [1.82, 2.24) is 10.2 Å². The molecule has 7 nitrogen and oxygen atoms in total. The summed E-state index contributed by atoms with van der Waals surface area (Å²) in [5.41, 5.74) is -0.0239. The molecule has 3 aromatic rings. The maximum atomic E-state index is 13.9. The van der Waals surface area contributed by atoms with Gasteiger partial charge in [-0.1, -0.05) is 60.8 Å². The third kappa shape index (κ3) is 8.48. The number of carbonyl (C=O) groups excluding carboxylic acids is 2. The molecule has 0 fully saturated rings. The van der Waals surface area contributed by atoms with Crippen LogP contribution in [0.1, 0.15) is 43.4 Å². The van der Waals surface area contributed by atoms with Crippen LogP contribution in [0.5, 0.6) is 0 Å². The molecule has 0 saturated carbocycles. The van der Waals surface area contributed by atoms with Gasteiger partial charge in [0.25, 0.3) is 10.0 Å². The highest BCUT2D eigenvalue weighted by atomic mass is 35.5. The molecule has 0 spiro atoms. The molecule has 0 unspecified atom stereocenters. The second-order valence-electron chi connectivity index (χ2n) is 9.84. The van der Waals surface area contributed by atoms with Crippen LogP contribution >= 0.6 is 11.6 Å². The average Bonchev–Trinajstić information content (AvgIpc) is 2.95. The zero-order valence-corrected chi connectivity index (χ0v) is 25.1. The van der Waals surface area contributed by atoms with Crippen molar-refractivity contribution >= 4 is 39.1 Å². The average molecular weight is 624 g/mol. The number of sulfonamides is 1. The normalized spacial score (nSPS) is 12.5. The smallest absolute Gasteiger partial charge is 0.354 e. The molecule has 0 aliphatic heterocycles. The number of benzene rings is 3.